The topological polar surface area (TPSA) is 102 Å². The molecule has 0 aliphatic carbocycles. The van der Waals surface area contributed by atoms with Gasteiger partial charge in [0.15, 0.2) is 15.9 Å². The molecule has 0 radical (unpaired) electrons. The van der Waals surface area contributed by atoms with Crippen LogP contribution < -0.4 is 14.4 Å². The van der Waals surface area contributed by atoms with E-state index in [1.54, 1.807) is 30.3 Å². The normalized spacial score (nSPS) is 16.3. The predicted octanol–water partition coefficient (Wildman–Crippen LogP) is 6.66. The van der Waals surface area contributed by atoms with Crippen LogP contribution in [0.4, 0.5) is 9.52 Å². The Kier molecular flexibility index (Phi) is 8.57. The molecular formula is C29H23ClFN3O5S2. The zero-order valence-corrected chi connectivity index (χ0v) is 24.2. The summed E-state index contributed by atoms with van der Waals surface area (Å²) in [7, 11) is 1.32. The Morgan fingerprint density at radius 3 is 2.56 bits per heavy atom. The van der Waals surface area contributed by atoms with Gasteiger partial charge in [-0.3, -0.25) is 14.5 Å². The first kappa shape index (κ1) is 28.6. The number of Topliss-reactive ketones (excluding diaryl/α,β-unsaturated/α-hetero) is 1. The Morgan fingerprint density at radius 1 is 1.12 bits per heavy atom. The van der Waals surface area contributed by atoms with Crippen LogP contribution in [-0.2, 0) is 15.3 Å². The number of halogens is 2. The van der Waals surface area contributed by atoms with Gasteiger partial charge < -0.3 is 14.6 Å². The molecule has 1 unspecified atom stereocenters. The molecule has 3 aromatic carbocycles. The average Bonchev–Trinajstić information content (AvgIpc) is 3.54. The summed E-state index contributed by atoms with van der Waals surface area (Å²) in [6, 6.07) is 17.0. The van der Waals surface area contributed by atoms with Crippen molar-refractivity contribution in [2.24, 2.45) is 0 Å². The minimum atomic E-state index is -1.05. The molecule has 2 heterocycles. The van der Waals surface area contributed by atoms with Crippen molar-refractivity contribution < 1.29 is 28.6 Å². The highest BCUT2D eigenvalue weighted by Gasteiger charge is 2.48. The van der Waals surface area contributed by atoms with Gasteiger partial charge in [0.2, 0.25) is 5.13 Å². The van der Waals surface area contributed by atoms with Gasteiger partial charge in [-0.2, -0.15) is 0 Å². The zero-order valence-electron chi connectivity index (χ0n) is 21.8. The summed E-state index contributed by atoms with van der Waals surface area (Å²) in [5, 5.41) is 20.5. The number of aliphatic hydroxyl groups is 1. The van der Waals surface area contributed by atoms with Crippen molar-refractivity contribution in [3.05, 3.63) is 99.8 Å². The van der Waals surface area contributed by atoms with Crippen LogP contribution in [-0.4, -0.2) is 40.7 Å². The van der Waals surface area contributed by atoms with Crippen LogP contribution in [0.3, 0.4) is 0 Å². The van der Waals surface area contributed by atoms with E-state index in [1.165, 1.54) is 35.9 Å². The summed E-state index contributed by atoms with van der Waals surface area (Å²) in [6.45, 7) is 2.31. The highest BCUT2D eigenvalue weighted by Crippen LogP contribution is 2.44. The smallest absolute Gasteiger partial charge is 0.301 e. The van der Waals surface area contributed by atoms with Gasteiger partial charge in [-0.1, -0.05) is 65.0 Å². The van der Waals surface area contributed by atoms with Crippen molar-refractivity contribution in [3.8, 4) is 11.5 Å². The van der Waals surface area contributed by atoms with Gasteiger partial charge in [-0.05, 0) is 54.4 Å². The number of methoxy groups -OCH3 is 1. The fourth-order valence-electron chi connectivity index (χ4n) is 4.34. The van der Waals surface area contributed by atoms with Crippen LogP contribution in [0.15, 0.2) is 76.6 Å². The number of amides is 1. The summed E-state index contributed by atoms with van der Waals surface area (Å²) in [4.78, 5) is 28.0. The summed E-state index contributed by atoms with van der Waals surface area (Å²) >= 11 is 8.79. The monoisotopic (exact) mass is 611 g/mol. The minimum absolute atomic E-state index is 0.0190. The molecule has 1 fully saturated rings. The van der Waals surface area contributed by atoms with Gasteiger partial charge in [-0.15, -0.1) is 10.2 Å². The number of aliphatic hydroxyl groups excluding tert-OH is 1. The third kappa shape index (κ3) is 5.79. The first-order valence-electron chi connectivity index (χ1n) is 12.4. The Balaban J connectivity index is 1.55. The van der Waals surface area contributed by atoms with Crippen LogP contribution in [0.5, 0.6) is 11.5 Å². The number of ether oxygens (including phenoxy) is 2. The Bertz CT molecular complexity index is 1640. The quantitative estimate of drug-likeness (QED) is 0.0737. The molecule has 0 saturated carbocycles. The summed E-state index contributed by atoms with van der Waals surface area (Å²) in [6.07, 6.45) is 0. The minimum Gasteiger partial charge on any atom is -0.507 e. The molecule has 210 valence electrons. The first-order valence-corrected chi connectivity index (χ1v) is 14.6. The van der Waals surface area contributed by atoms with Crippen LogP contribution >= 0.6 is 34.7 Å². The maximum atomic E-state index is 14.5. The molecule has 1 aliphatic rings. The van der Waals surface area contributed by atoms with Gasteiger partial charge in [0.05, 0.1) is 25.3 Å². The molecule has 1 aliphatic heterocycles. The third-order valence-electron chi connectivity index (χ3n) is 6.29. The molecule has 41 heavy (non-hydrogen) atoms. The standard InChI is InChI=1S/C29H23ClFN3O5S2/c1-3-39-19-11-8-16(9-12-19)24-23(25(35)17-10-13-22(38-2)21(31)14-17)26(36)27(37)34(24)28-32-33-29(41-28)40-15-18-6-4-5-7-20(18)30/h4-14,24,35H,3,15H2,1-2H3. The molecule has 0 spiro atoms. The fraction of sp³-hybridized carbons (Fsp3) is 0.172. The maximum Gasteiger partial charge on any atom is 0.301 e. The van der Waals surface area contributed by atoms with Crippen molar-refractivity contribution in [3.63, 3.8) is 0 Å². The predicted molar refractivity (Wildman–Crippen MR) is 156 cm³/mol. The molecule has 0 bridgehead atoms. The van der Waals surface area contributed by atoms with Crippen molar-refractivity contribution in [1.82, 2.24) is 10.2 Å². The Labute approximate surface area is 248 Å². The van der Waals surface area contributed by atoms with Crippen LogP contribution in [0.2, 0.25) is 5.02 Å². The lowest BCUT2D eigenvalue weighted by molar-refractivity contribution is -0.132. The van der Waals surface area contributed by atoms with E-state index in [4.69, 9.17) is 21.1 Å². The summed E-state index contributed by atoms with van der Waals surface area (Å²) < 4.78 is 25.6. The number of hydrogen-bond acceptors (Lipinski definition) is 9. The molecule has 1 aromatic heterocycles. The van der Waals surface area contributed by atoms with E-state index in [9.17, 15) is 19.1 Å². The number of benzene rings is 3. The summed E-state index contributed by atoms with van der Waals surface area (Å²) in [5.74, 6) is -1.98. The SMILES string of the molecule is CCOc1ccc(C2C(=C(O)c3ccc(OC)c(F)c3)C(=O)C(=O)N2c2nnc(SCc3ccccc3Cl)s2)cc1. The average molecular weight is 612 g/mol. The number of nitrogens with zero attached hydrogens (tertiary/aromatic N) is 3. The highest BCUT2D eigenvalue weighted by atomic mass is 35.5. The molecule has 12 heteroatoms. The van der Waals surface area contributed by atoms with E-state index >= 15 is 0 Å². The molecule has 1 saturated heterocycles. The van der Waals surface area contributed by atoms with E-state index in [2.05, 4.69) is 10.2 Å². The summed E-state index contributed by atoms with van der Waals surface area (Å²) in [5.41, 5.74) is 1.25. The second kappa shape index (κ2) is 12.3. The lowest BCUT2D eigenvalue weighted by Crippen LogP contribution is -2.29. The van der Waals surface area contributed by atoms with Crippen LogP contribution in [0, 0.1) is 5.82 Å². The molecule has 1 amide bonds. The van der Waals surface area contributed by atoms with Gasteiger partial charge >= 0.3 is 5.91 Å². The van der Waals surface area contributed by atoms with Crippen LogP contribution in [0.1, 0.15) is 29.7 Å². The van der Waals surface area contributed by atoms with Gasteiger partial charge in [-0.25, -0.2) is 4.39 Å². The van der Waals surface area contributed by atoms with E-state index in [-0.39, 0.29) is 22.0 Å². The lowest BCUT2D eigenvalue weighted by atomic mass is 9.95. The van der Waals surface area contributed by atoms with E-state index < -0.39 is 29.3 Å². The molecule has 8 nitrogen and oxygen atoms in total. The Hall–Kier alpha value is -3.93. The lowest BCUT2D eigenvalue weighted by Gasteiger charge is -2.22. The zero-order chi connectivity index (χ0) is 29.1. The second-order valence-corrected chi connectivity index (χ2v) is 11.3. The number of rotatable bonds is 9. The molecule has 1 atom stereocenters. The van der Waals surface area contributed by atoms with Crippen molar-refractivity contribution in [2.75, 3.05) is 18.6 Å². The number of anilines is 1. The number of aromatic nitrogens is 2. The Morgan fingerprint density at radius 2 is 1.88 bits per heavy atom. The van der Waals surface area contributed by atoms with Crippen molar-refractivity contribution in [2.45, 2.75) is 23.1 Å². The van der Waals surface area contributed by atoms with E-state index in [0.29, 0.717) is 33.0 Å². The van der Waals surface area contributed by atoms with Crippen LogP contribution in [0.25, 0.3) is 5.76 Å². The van der Waals surface area contributed by atoms with E-state index in [0.717, 1.165) is 23.0 Å². The number of thioether (sulfide) groups is 1. The highest BCUT2D eigenvalue weighted by molar-refractivity contribution is 8.00. The maximum absolute atomic E-state index is 14.5. The van der Waals surface area contributed by atoms with Gasteiger partial charge in [0.25, 0.3) is 5.78 Å². The molecular weight excluding hydrogens is 589 g/mol. The number of hydrogen-bond donors (Lipinski definition) is 1. The van der Waals surface area contributed by atoms with Crippen molar-refractivity contribution >= 4 is 57.3 Å². The molecule has 4 aromatic rings. The second-order valence-electron chi connectivity index (χ2n) is 8.75. The van der Waals surface area contributed by atoms with Gasteiger partial charge in [0.1, 0.15) is 11.5 Å². The van der Waals surface area contributed by atoms with E-state index in [1.807, 2.05) is 25.1 Å². The van der Waals surface area contributed by atoms with Gasteiger partial charge in [0, 0.05) is 16.3 Å². The number of carbonyl (C=O) groups is 2. The fourth-order valence-corrected chi connectivity index (χ4v) is 6.49. The van der Waals surface area contributed by atoms with Crippen molar-refractivity contribution in [1.29, 1.82) is 0 Å². The molecule has 1 N–H and O–H groups in total. The first-order chi connectivity index (χ1) is 19.8. The molecule has 5 rings (SSSR count). The largest absolute Gasteiger partial charge is 0.507 e. The third-order valence-corrected chi connectivity index (χ3v) is 8.76. The number of carbonyl (C=O) groups excluding carboxylic acids is 2. The number of ketones is 1.